The largest absolute Gasteiger partial charge is 0.426 e. The normalized spacial score (nSPS) is 28.9. The molecule has 2 aromatic carbocycles. The van der Waals surface area contributed by atoms with E-state index in [0.717, 1.165) is 6.42 Å². The lowest BCUT2D eigenvalue weighted by molar-refractivity contribution is -0.139. The van der Waals surface area contributed by atoms with Crippen LogP contribution in [-0.4, -0.2) is 30.2 Å². The van der Waals surface area contributed by atoms with Gasteiger partial charge in [0.05, 0.1) is 23.4 Å². The maximum Gasteiger partial charge on any atom is 0.316 e. The number of amides is 3. The number of hydrogen-bond acceptors (Lipinski definition) is 5. The van der Waals surface area contributed by atoms with Gasteiger partial charge in [-0.25, -0.2) is 4.90 Å². The van der Waals surface area contributed by atoms with Crippen molar-refractivity contribution in [2.45, 2.75) is 19.8 Å². The lowest BCUT2D eigenvalue weighted by Crippen LogP contribution is -2.33. The fourth-order valence-corrected chi connectivity index (χ4v) is 6.14. The molecule has 2 saturated heterocycles. The van der Waals surface area contributed by atoms with Crippen LogP contribution in [0.15, 0.2) is 54.6 Å². The van der Waals surface area contributed by atoms with E-state index in [1.54, 1.807) is 54.3 Å². The number of anilines is 2. The summed E-state index contributed by atoms with van der Waals surface area (Å²) < 4.78 is 5.58. The molecule has 2 aliphatic carbocycles. The van der Waals surface area contributed by atoms with Crippen molar-refractivity contribution in [1.29, 1.82) is 0 Å². The third kappa shape index (κ3) is 3.48. The molecule has 0 spiro atoms. The van der Waals surface area contributed by atoms with E-state index < -0.39 is 11.9 Å². The van der Waals surface area contributed by atoms with Crippen molar-refractivity contribution in [3.05, 3.63) is 65.2 Å². The molecular weight excluding hydrogens is 468 g/mol. The van der Waals surface area contributed by atoms with Gasteiger partial charge in [-0.2, -0.15) is 0 Å². The maximum absolute atomic E-state index is 13.1. The lowest BCUT2D eigenvalue weighted by Gasteiger charge is -2.20. The zero-order chi connectivity index (χ0) is 24.4. The molecule has 3 fully saturated rings. The summed E-state index contributed by atoms with van der Waals surface area (Å²) in [7, 11) is 0. The van der Waals surface area contributed by atoms with Crippen molar-refractivity contribution < 1.29 is 23.9 Å². The van der Waals surface area contributed by atoms with Gasteiger partial charge in [0, 0.05) is 23.7 Å². The molecule has 7 nitrogen and oxygen atoms in total. The Kier molecular flexibility index (Phi) is 5.07. The molecule has 2 heterocycles. The number of nitrogens with zero attached hydrogens (tertiary/aromatic N) is 2. The molecule has 35 heavy (non-hydrogen) atoms. The van der Waals surface area contributed by atoms with Crippen LogP contribution in [-0.2, 0) is 19.2 Å². The van der Waals surface area contributed by atoms with E-state index in [-0.39, 0.29) is 54.4 Å². The minimum Gasteiger partial charge on any atom is -0.426 e. The van der Waals surface area contributed by atoms with Gasteiger partial charge in [0.2, 0.25) is 17.7 Å². The molecule has 5 atom stereocenters. The molecule has 6 rings (SSSR count). The van der Waals surface area contributed by atoms with Crippen LogP contribution in [0.25, 0.3) is 0 Å². The van der Waals surface area contributed by atoms with Crippen LogP contribution in [0.2, 0.25) is 5.02 Å². The highest BCUT2D eigenvalue weighted by atomic mass is 35.5. The molecule has 8 heteroatoms. The van der Waals surface area contributed by atoms with Crippen molar-refractivity contribution in [3.8, 4) is 5.75 Å². The van der Waals surface area contributed by atoms with Crippen LogP contribution in [0.5, 0.6) is 5.75 Å². The molecule has 2 bridgehead atoms. The number of rotatable bonds is 4. The summed E-state index contributed by atoms with van der Waals surface area (Å²) in [5.74, 6) is -1.45. The third-order valence-electron chi connectivity index (χ3n) is 7.69. The number of halogens is 1. The topological polar surface area (TPSA) is 84.0 Å². The van der Waals surface area contributed by atoms with Gasteiger partial charge in [0.1, 0.15) is 5.75 Å². The summed E-state index contributed by atoms with van der Waals surface area (Å²) in [6.07, 6.45) is 5.08. The van der Waals surface area contributed by atoms with E-state index in [1.807, 2.05) is 0 Å². The molecule has 5 unspecified atom stereocenters. The zero-order valence-corrected chi connectivity index (χ0v) is 19.8. The summed E-state index contributed by atoms with van der Waals surface area (Å²) >= 11 is 5.92. The van der Waals surface area contributed by atoms with E-state index >= 15 is 0 Å². The maximum atomic E-state index is 13.1. The Labute approximate surface area is 207 Å². The van der Waals surface area contributed by atoms with Gasteiger partial charge in [-0.05, 0) is 73.2 Å². The Morgan fingerprint density at radius 1 is 0.971 bits per heavy atom. The second-order valence-corrected chi connectivity index (χ2v) is 10.2. The van der Waals surface area contributed by atoms with Crippen LogP contribution >= 0.6 is 11.6 Å². The fourth-order valence-electron chi connectivity index (χ4n) is 6.02. The van der Waals surface area contributed by atoms with Crippen molar-refractivity contribution >= 4 is 46.7 Å². The first-order valence-corrected chi connectivity index (χ1v) is 12.1. The van der Waals surface area contributed by atoms with Crippen molar-refractivity contribution in [3.63, 3.8) is 0 Å². The van der Waals surface area contributed by atoms with Gasteiger partial charge in [0.15, 0.2) is 0 Å². The van der Waals surface area contributed by atoms with Crippen LogP contribution in [0.3, 0.4) is 0 Å². The van der Waals surface area contributed by atoms with E-state index in [1.165, 1.54) is 4.90 Å². The molecule has 3 amide bonds. The fraction of sp³-hybridized carbons (Fsp3) is 0.333. The van der Waals surface area contributed by atoms with E-state index in [4.69, 9.17) is 16.3 Å². The Bertz CT molecular complexity index is 1270. The molecule has 0 aromatic heterocycles. The summed E-state index contributed by atoms with van der Waals surface area (Å²) in [6.45, 7) is 2.02. The van der Waals surface area contributed by atoms with Crippen molar-refractivity contribution in [2.24, 2.45) is 29.6 Å². The van der Waals surface area contributed by atoms with Crippen LogP contribution in [0, 0.1) is 36.5 Å². The van der Waals surface area contributed by atoms with Gasteiger partial charge in [0.25, 0.3) is 0 Å². The molecule has 0 N–H and O–H groups in total. The number of imide groups is 1. The van der Waals surface area contributed by atoms with Crippen LogP contribution in [0.1, 0.15) is 18.4 Å². The minimum absolute atomic E-state index is 0.0639. The number of esters is 1. The summed E-state index contributed by atoms with van der Waals surface area (Å²) in [6, 6.07) is 11.8. The predicted molar refractivity (Wildman–Crippen MR) is 129 cm³/mol. The third-order valence-corrected chi connectivity index (χ3v) is 7.95. The molecule has 4 aliphatic rings. The number of hydrogen-bond donors (Lipinski definition) is 0. The Balaban J connectivity index is 1.15. The number of carbonyl (C=O) groups excluding carboxylic acids is 4. The molecular formula is C27H23ClN2O5. The average molecular weight is 491 g/mol. The quantitative estimate of drug-likeness (QED) is 0.281. The Morgan fingerprint density at radius 3 is 2.26 bits per heavy atom. The highest BCUT2D eigenvalue weighted by Gasteiger charge is 2.59. The van der Waals surface area contributed by atoms with E-state index in [0.29, 0.717) is 27.7 Å². The SMILES string of the molecule is Cc1cc(OC(=O)C2CC(=O)N(c3ccc(Cl)cc3)C2)ccc1N1C(=O)C2C3C=CC(C3)C2C1=O. The molecule has 2 aromatic rings. The minimum atomic E-state index is -0.595. The average Bonchev–Trinajstić information content (AvgIpc) is 3.59. The number of fused-ring (bicyclic) bond motifs is 5. The highest BCUT2D eigenvalue weighted by Crippen LogP contribution is 2.53. The first kappa shape index (κ1) is 22.0. The number of benzene rings is 2. The summed E-state index contributed by atoms with van der Waals surface area (Å²) in [4.78, 5) is 54.4. The van der Waals surface area contributed by atoms with Crippen LogP contribution < -0.4 is 14.5 Å². The van der Waals surface area contributed by atoms with Crippen molar-refractivity contribution in [1.82, 2.24) is 0 Å². The first-order chi connectivity index (χ1) is 16.8. The Morgan fingerprint density at radius 2 is 1.63 bits per heavy atom. The van der Waals surface area contributed by atoms with Crippen LogP contribution in [0.4, 0.5) is 11.4 Å². The summed E-state index contributed by atoms with van der Waals surface area (Å²) in [5.41, 5.74) is 1.88. The second kappa shape index (κ2) is 8.05. The molecule has 0 radical (unpaired) electrons. The lowest BCUT2D eigenvalue weighted by atomic mass is 9.85. The van der Waals surface area contributed by atoms with Gasteiger partial charge in [-0.3, -0.25) is 19.2 Å². The molecule has 178 valence electrons. The second-order valence-electron chi connectivity index (χ2n) is 9.76. The number of carbonyl (C=O) groups is 4. The highest BCUT2D eigenvalue weighted by molar-refractivity contribution is 6.30. The summed E-state index contributed by atoms with van der Waals surface area (Å²) in [5, 5.41) is 0.569. The predicted octanol–water partition coefficient (Wildman–Crippen LogP) is 3.92. The monoisotopic (exact) mass is 490 g/mol. The first-order valence-electron chi connectivity index (χ1n) is 11.8. The van der Waals surface area contributed by atoms with Gasteiger partial charge in [-0.1, -0.05) is 23.8 Å². The standard InChI is InChI=1S/C27H23ClN2O5/c1-14-10-20(35-27(34)17-12-22(31)29(13-17)19-6-4-18(28)5-7-19)8-9-21(14)30-25(32)23-15-2-3-16(11-15)24(23)26(30)33/h2-10,15-17,23-24H,11-13H2,1H3. The number of aryl methyl sites for hydroxylation is 1. The number of allylic oxidation sites excluding steroid dienone is 2. The van der Waals surface area contributed by atoms with Gasteiger partial charge >= 0.3 is 5.97 Å². The van der Waals surface area contributed by atoms with E-state index in [2.05, 4.69) is 12.2 Å². The van der Waals surface area contributed by atoms with E-state index in [9.17, 15) is 19.2 Å². The van der Waals surface area contributed by atoms with Crippen molar-refractivity contribution in [2.75, 3.05) is 16.3 Å². The van der Waals surface area contributed by atoms with Gasteiger partial charge < -0.3 is 9.64 Å². The zero-order valence-electron chi connectivity index (χ0n) is 19.0. The Hall–Kier alpha value is -3.45. The molecule has 1 saturated carbocycles. The van der Waals surface area contributed by atoms with Gasteiger partial charge in [-0.15, -0.1) is 0 Å². The molecule has 2 aliphatic heterocycles. The number of ether oxygens (including phenoxy) is 1. The smallest absolute Gasteiger partial charge is 0.316 e.